The Morgan fingerprint density at radius 1 is 0.833 bits per heavy atom. The normalized spacial score (nSPS) is 13.5. The minimum Gasteiger partial charge on any atom is -0.478 e. The Bertz CT molecular complexity index is 771. The third-order valence-electron chi connectivity index (χ3n) is 3.45. The lowest BCUT2D eigenvalue weighted by Crippen LogP contribution is -2.46. The maximum Gasteiger partial charge on any atom is 0.353 e. The van der Waals surface area contributed by atoms with Gasteiger partial charge in [-0.3, -0.25) is 9.59 Å². The molecular weight excluding hydrogens is 400 g/mol. The highest BCUT2D eigenvalue weighted by Gasteiger charge is 2.42. The first kappa shape index (κ1) is 24.6. The minimum atomic E-state index is -2.16. The van der Waals surface area contributed by atoms with E-state index in [-0.39, 0.29) is 18.1 Å². The van der Waals surface area contributed by atoms with Crippen molar-refractivity contribution < 1.29 is 48.0 Å². The van der Waals surface area contributed by atoms with Crippen molar-refractivity contribution in [1.82, 2.24) is 0 Å². The van der Waals surface area contributed by atoms with Crippen molar-refractivity contribution in [2.45, 2.75) is 46.0 Å². The maximum atomic E-state index is 12.7. The summed E-state index contributed by atoms with van der Waals surface area (Å²) in [6.45, 7) is 5.52. The van der Waals surface area contributed by atoms with E-state index in [1.54, 1.807) is 18.2 Å². The van der Waals surface area contributed by atoms with Crippen LogP contribution < -0.4 is 0 Å². The first-order valence-corrected chi connectivity index (χ1v) is 9.02. The number of hydrogen-bond donors (Lipinski definition) is 1. The van der Waals surface area contributed by atoms with Crippen molar-refractivity contribution in [2.24, 2.45) is 5.92 Å². The number of ether oxygens (including phenoxy) is 4. The number of esters is 4. The lowest BCUT2D eigenvalue weighted by atomic mass is 10.1. The summed E-state index contributed by atoms with van der Waals surface area (Å²) >= 11 is 0. The molecule has 0 saturated heterocycles. The van der Waals surface area contributed by atoms with Crippen molar-refractivity contribution in [3.63, 3.8) is 0 Å². The molecule has 0 fully saturated rings. The highest BCUT2D eigenvalue weighted by atomic mass is 16.6. The number of carbonyl (C=O) groups excluding carboxylic acids is 4. The van der Waals surface area contributed by atoms with Gasteiger partial charge in [-0.25, -0.2) is 14.4 Å². The lowest BCUT2D eigenvalue weighted by Gasteiger charge is -2.24. The average molecular weight is 424 g/mol. The topological polar surface area (TPSA) is 142 Å². The van der Waals surface area contributed by atoms with Crippen molar-refractivity contribution >= 4 is 29.8 Å². The molecule has 0 radical (unpaired) electrons. The van der Waals surface area contributed by atoms with Crippen LogP contribution >= 0.6 is 0 Å². The number of benzene rings is 1. The zero-order chi connectivity index (χ0) is 22.8. The Hall–Kier alpha value is -3.43. The van der Waals surface area contributed by atoms with Gasteiger partial charge in [-0.2, -0.15) is 0 Å². The number of carboxylic acid groups (broad SMARTS) is 1. The molecular formula is C20H24O10. The number of rotatable bonds is 10. The molecule has 1 rings (SSSR count). The molecule has 1 aromatic rings. The first-order valence-electron chi connectivity index (χ1n) is 9.02. The fraction of sp³-hybridized carbons (Fsp3) is 0.450. The van der Waals surface area contributed by atoms with Crippen molar-refractivity contribution in [3.8, 4) is 0 Å². The van der Waals surface area contributed by atoms with Crippen molar-refractivity contribution in [2.75, 3.05) is 6.61 Å². The molecule has 0 aliphatic carbocycles. The SMILES string of the molecule is CC(=O)O[C@@H](C(=O)O)[C@@H](OC(C)=O)C(=O)O[C@H](C(=O)OCC(C)C)c1ccccc1. The summed E-state index contributed by atoms with van der Waals surface area (Å²) in [6.07, 6.45) is -5.85. The number of hydrogen-bond acceptors (Lipinski definition) is 9. The molecule has 164 valence electrons. The zero-order valence-electron chi connectivity index (χ0n) is 17.0. The molecule has 3 atom stereocenters. The molecule has 0 aromatic heterocycles. The summed E-state index contributed by atoms with van der Waals surface area (Å²) in [4.78, 5) is 59.2. The van der Waals surface area contributed by atoms with Crippen LogP contribution in [0.5, 0.6) is 0 Å². The summed E-state index contributed by atoms with van der Waals surface area (Å²) < 4.78 is 19.6. The Kier molecular flexibility index (Phi) is 9.47. The molecule has 0 heterocycles. The third-order valence-corrected chi connectivity index (χ3v) is 3.45. The minimum absolute atomic E-state index is 0.00947. The van der Waals surface area contributed by atoms with Crippen LogP contribution in [-0.4, -0.2) is 53.8 Å². The van der Waals surface area contributed by atoms with Gasteiger partial charge in [0, 0.05) is 19.4 Å². The summed E-state index contributed by atoms with van der Waals surface area (Å²) in [5.74, 6) is -6.07. The van der Waals surface area contributed by atoms with E-state index in [0.29, 0.717) is 0 Å². The van der Waals surface area contributed by atoms with E-state index >= 15 is 0 Å². The average Bonchev–Trinajstić information content (AvgIpc) is 2.66. The second-order valence-electron chi connectivity index (χ2n) is 6.65. The molecule has 10 nitrogen and oxygen atoms in total. The highest BCUT2D eigenvalue weighted by Crippen LogP contribution is 2.22. The van der Waals surface area contributed by atoms with Gasteiger partial charge in [-0.05, 0) is 5.92 Å². The monoisotopic (exact) mass is 424 g/mol. The summed E-state index contributed by atoms with van der Waals surface area (Å²) in [5.41, 5.74) is 0.251. The smallest absolute Gasteiger partial charge is 0.353 e. The predicted molar refractivity (Wildman–Crippen MR) is 99.8 cm³/mol. The van der Waals surface area contributed by atoms with Gasteiger partial charge in [-0.15, -0.1) is 0 Å². The predicted octanol–water partition coefficient (Wildman–Crippen LogP) is 1.42. The van der Waals surface area contributed by atoms with Crippen LogP contribution in [0.3, 0.4) is 0 Å². The number of carbonyl (C=O) groups is 5. The van der Waals surface area contributed by atoms with E-state index in [9.17, 15) is 29.1 Å². The molecule has 10 heteroatoms. The first-order chi connectivity index (χ1) is 14.0. The Labute approximate surface area is 173 Å². The Morgan fingerprint density at radius 2 is 1.37 bits per heavy atom. The molecule has 30 heavy (non-hydrogen) atoms. The van der Waals surface area contributed by atoms with E-state index in [4.69, 9.17) is 14.2 Å². The molecule has 0 bridgehead atoms. The van der Waals surface area contributed by atoms with E-state index in [1.165, 1.54) is 12.1 Å². The van der Waals surface area contributed by atoms with Gasteiger partial charge in [0.2, 0.25) is 18.3 Å². The third kappa shape index (κ3) is 7.90. The standard InChI is InChI=1S/C20H24O10/c1-11(2)10-27-19(25)15(14-8-6-5-7-9-14)30-20(26)17(29-13(4)22)16(18(23)24)28-12(3)21/h5-9,11,15-17H,10H2,1-4H3,(H,23,24)/t15-,16+,17+/m0/s1. The van der Waals surface area contributed by atoms with Gasteiger partial charge >= 0.3 is 29.8 Å². The van der Waals surface area contributed by atoms with Crippen LogP contribution in [0.25, 0.3) is 0 Å². The molecule has 0 aliphatic heterocycles. The Balaban J connectivity index is 3.20. The van der Waals surface area contributed by atoms with Crippen molar-refractivity contribution in [3.05, 3.63) is 35.9 Å². The van der Waals surface area contributed by atoms with Crippen LogP contribution in [-0.2, 0) is 42.9 Å². The van der Waals surface area contributed by atoms with E-state index in [0.717, 1.165) is 13.8 Å². The van der Waals surface area contributed by atoms with E-state index < -0.39 is 48.2 Å². The van der Waals surface area contributed by atoms with Gasteiger partial charge in [0.15, 0.2) is 0 Å². The van der Waals surface area contributed by atoms with Gasteiger partial charge in [0.1, 0.15) is 0 Å². The summed E-state index contributed by atoms with van der Waals surface area (Å²) in [5, 5.41) is 9.29. The summed E-state index contributed by atoms with van der Waals surface area (Å²) in [6, 6.07) is 7.85. The molecule has 0 aliphatic rings. The second-order valence-corrected chi connectivity index (χ2v) is 6.65. The maximum absolute atomic E-state index is 12.7. The van der Waals surface area contributed by atoms with Crippen molar-refractivity contribution in [1.29, 1.82) is 0 Å². The molecule has 0 unspecified atom stereocenters. The molecule has 0 saturated carbocycles. The van der Waals surface area contributed by atoms with Gasteiger partial charge in [0.25, 0.3) is 0 Å². The number of aliphatic carboxylic acids is 1. The van der Waals surface area contributed by atoms with Gasteiger partial charge in [0.05, 0.1) is 6.61 Å². The van der Waals surface area contributed by atoms with Crippen LogP contribution in [0.15, 0.2) is 30.3 Å². The van der Waals surface area contributed by atoms with E-state index in [2.05, 4.69) is 4.74 Å². The van der Waals surface area contributed by atoms with E-state index in [1.807, 2.05) is 13.8 Å². The molecule has 1 N–H and O–H groups in total. The van der Waals surface area contributed by atoms with Gasteiger partial charge in [-0.1, -0.05) is 44.2 Å². The fourth-order valence-corrected chi connectivity index (χ4v) is 2.22. The fourth-order valence-electron chi connectivity index (χ4n) is 2.22. The van der Waals surface area contributed by atoms with Crippen LogP contribution in [0, 0.1) is 5.92 Å². The summed E-state index contributed by atoms with van der Waals surface area (Å²) in [7, 11) is 0. The quantitative estimate of drug-likeness (QED) is 0.433. The van der Waals surface area contributed by atoms with Crippen LogP contribution in [0.4, 0.5) is 0 Å². The number of carboxylic acids is 1. The van der Waals surface area contributed by atoms with Crippen LogP contribution in [0.1, 0.15) is 39.4 Å². The zero-order valence-corrected chi connectivity index (χ0v) is 17.0. The second kappa shape index (κ2) is 11.5. The van der Waals surface area contributed by atoms with Crippen LogP contribution in [0.2, 0.25) is 0 Å². The highest BCUT2D eigenvalue weighted by molar-refractivity contribution is 5.89. The molecule has 1 aromatic carbocycles. The van der Waals surface area contributed by atoms with Gasteiger partial charge < -0.3 is 24.1 Å². The Morgan fingerprint density at radius 3 is 1.83 bits per heavy atom. The molecule has 0 spiro atoms. The largest absolute Gasteiger partial charge is 0.478 e. The lowest BCUT2D eigenvalue weighted by molar-refractivity contribution is -0.193. The molecule has 0 amide bonds.